The number of fused-ring (bicyclic) bond motifs is 1. The van der Waals surface area contributed by atoms with Gasteiger partial charge in [-0.3, -0.25) is 5.41 Å². The molecule has 1 saturated carbocycles. The van der Waals surface area contributed by atoms with Gasteiger partial charge >= 0.3 is 6.18 Å². The van der Waals surface area contributed by atoms with Gasteiger partial charge in [0, 0.05) is 29.8 Å². The topological polar surface area (TPSA) is 87.5 Å². The minimum atomic E-state index is -4.44. The number of hydrogen-bond acceptors (Lipinski definition) is 7. The highest BCUT2D eigenvalue weighted by Gasteiger charge is 2.38. The standard InChI is InChI=1S/C26H35F3N6O2/c1-17(2)34(16-26(27,28)29)24(30)36-14-21-31-13-20-23(33-21)35(15-25(20,3)4)22-11-10-19(12-32-22)37-18-8-6-5-7-9-18/h10-13,17-18,30H,5-9,14-16H2,1-4H3. The van der Waals surface area contributed by atoms with Crippen molar-refractivity contribution in [3.8, 4) is 5.75 Å². The minimum Gasteiger partial charge on any atom is -0.489 e. The molecule has 2 aliphatic rings. The van der Waals surface area contributed by atoms with E-state index in [1.165, 1.54) is 19.3 Å². The van der Waals surface area contributed by atoms with Gasteiger partial charge in [-0.2, -0.15) is 13.2 Å². The van der Waals surface area contributed by atoms with E-state index < -0.39 is 24.8 Å². The van der Waals surface area contributed by atoms with E-state index in [9.17, 15) is 13.2 Å². The second kappa shape index (κ2) is 10.7. The van der Waals surface area contributed by atoms with Crippen LogP contribution in [-0.2, 0) is 16.8 Å². The van der Waals surface area contributed by atoms with Gasteiger partial charge < -0.3 is 19.3 Å². The Labute approximate surface area is 215 Å². The van der Waals surface area contributed by atoms with E-state index in [-0.39, 0.29) is 24.0 Å². The third kappa shape index (κ3) is 6.61. The lowest BCUT2D eigenvalue weighted by molar-refractivity contribution is -0.142. The molecule has 1 aliphatic carbocycles. The van der Waals surface area contributed by atoms with Crippen molar-refractivity contribution in [2.45, 2.75) is 90.1 Å². The second-order valence-electron chi connectivity index (χ2n) is 10.7. The van der Waals surface area contributed by atoms with Crippen LogP contribution >= 0.6 is 0 Å². The highest BCUT2D eigenvalue weighted by molar-refractivity contribution is 5.71. The van der Waals surface area contributed by atoms with Crippen molar-refractivity contribution in [2.24, 2.45) is 0 Å². The summed E-state index contributed by atoms with van der Waals surface area (Å²) in [5, 5.41) is 8.02. The molecule has 0 saturated heterocycles. The number of anilines is 2. The smallest absolute Gasteiger partial charge is 0.406 e. The number of aromatic nitrogens is 3. The minimum absolute atomic E-state index is 0.219. The van der Waals surface area contributed by atoms with Crippen molar-refractivity contribution < 1.29 is 22.6 Å². The second-order valence-corrected chi connectivity index (χ2v) is 10.7. The van der Waals surface area contributed by atoms with E-state index in [4.69, 9.17) is 14.9 Å². The summed E-state index contributed by atoms with van der Waals surface area (Å²) in [4.78, 5) is 16.5. The Balaban J connectivity index is 1.47. The van der Waals surface area contributed by atoms with Crippen LogP contribution in [0.1, 0.15) is 71.2 Å². The van der Waals surface area contributed by atoms with Gasteiger partial charge in [0.25, 0.3) is 6.02 Å². The Bertz CT molecular complexity index is 1080. The largest absolute Gasteiger partial charge is 0.489 e. The maximum Gasteiger partial charge on any atom is 0.406 e. The van der Waals surface area contributed by atoms with Gasteiger partial charge in [0.05, 0.1) is 12.3 Å². The summed E-state index contributed by atoms with van der Waals surface area (Å²) in [6.07, 6.45) is 5.05. The van der Waals surface area contributed by atoms with Crippen molar-refractivity contribution in [3.05, 3.63) is 35.9 Å². The van der Waals surface area contributed by atoms with Crippen molar-refractivity contribution in [1.82, 2.24) is 19.9 Å². The molecule has 202 valence electrons. The van der Waals surface area contributed by atoms with Crippen LogP contribution in [0.3, 0.4) is 0 Å². The molecule has 2 aromatic rings. The van der Waals surface area contributed by atoms with Gasteiger partial charge in [-0.1, -0.05) is 20.3 Å². The average molecular weight is 521 g/mol. The molecule has 0 bridgehead atoms. The molecule has 1 N–H and O–H groups in total. The fourth-order valence-electron chi connectivity index (χ4n) is 4.78. The number of hydrogen-bond donors (Lipinski definition) is 1. The molecule has 0 radical (unpaired) electrons. The number of nitrogens with zero attached hydrogens (tertiary/aromatic N) is 5. The maximum atomic E-state index is 12.9. The predicted octanol–water partition coefficient (Wildman–Crippen LogP) is 5.74. The zero-order valence-corrected chi connectivity index (χ0v) is 21.8. The summed E-state index contributed by atoms with van der Waals surface area (Å²) in [5.41, 5.74) is 0.707. The molecule has 3 heterocycles. The van der Waals surface area contributed by atoms with E-state index >= 15 is 0 Å². The summed E-state index contributed by atoms with van der Waals surface area (Å²) in [7, 11) is 0. The summed E-state index contributed by atoms with van der Waals surface area (Å²) in [6.45, 7) is 6.51. The lowest BCUT2D eigenvalue weighted by Crippen LogP contribution is -2.43. The summed E-state index contributed by atoms with van der Waals surface area (Å²) in [5.74, 6) is 2.42. The van der Waals surface area contributed by atoms with Gasteiger partial charge in [-0.25, -0.2) is 15.0 Å². The molecular weight excluding hydrogens is 485 g/mol. The maximum absolute atomic E-state index is 12.9. The molecule has 1 fully saturated rings. The average Bonchev–Trinajstić information content (AvgIpc) is 3.11. The first-order valence-electron chi connectivity index (χ1n) is 12.7. The molecule has 0 spiro atoms. The monoisotopic (exact) mass is 520 g/mol. The van der Waals surface area contributed by atoms with Crippen molar-refractivity contribution in [3.63, 3.8) is 0 Å². The fourth-order valence-corrected chi connectivity index (χ4v) is 4.78. The third-order valence-corrected chi connectivity index (χ3v) is 6.78. The Hall–Kier alpha value is -3.11. The number of halogens is 3. The lowest BCUT2D eigenvalue weighted by atomic mass is 9.89. The molecule has 0 atom stereocenters. The van der Waals surface area contributed by atoms with Crippen LogP contribution in [0.4, 0.5) is 24.8 Å². The van der Waals surface area contributed by atoms with Crippen LogP contribution < -0.4 is 9.64 Å². The SMILES string of the molecule is CC(C)N(CC(F)(F)F)C(=N)OCc1ncc2c(n1)N(c1ccc(OC3CCCCC3)cn1)CC2(C)C. The van der Waals surface area contributed by atoms with Crippen LogP contribution in [-0.4, -0.2) is 57.3 Å². The zero-order valence-electron chi connectivity index (χ0n) is 21.8. The third-order valence-electron chi connectivity index (χ3n) is 6.78. The fraction of sp³-hybridized carbons (Fsp3) is 0.615. The van der Waals surface area contributed by atoms with Crippen molar-refractivity contribution in [2.75, 3.05) is 18.0 Å². The normalized spacial score (nSPS) is 17.6. The Kier molecular flexibility index (Phi) is 7.80. The van der Waals surface area contributed by atoms with Crippen LogP contribution in [0.15, 0.2) is 24.5 Å². The molecule has 0 unspecified atom stereocenters. The molecule has 0 amide bonds. The highest BCUT2D eigenvalue weighted by atomic mass is 19.4. The first kappa shape index (κ1) is 26.9. The Morgan fingerprint density at radius 1 is 1.16 bits per heavy atom. The molecular formula is C26H35F3N6O2. The Morgan fingerprint density at radius 2 is 1.89 bits per heavy atom. The van der Waals surface area contributed by atoms with Crippen LogP contribution in [0.2, 0.25) is 0 Å². The first-order valence-corrected chi connectivity index (χ1v) is 12.7. The quantitative estimate of drug-likeness (QED) is 0.368. The van der Waals surface area contributed by atoms with E-state index in [1.54, 1.807) is 26.2 Å². The molecule has 1 aliphatic heterocycles. The highest BCUT2D eigenvalue weighted by Crippen LogP contribution is 2.42. The molecule has 0 aromatic carbocycles. The van der Waals surface area contributed by atoms with Gasteiger partial charge in [0.15, 0.2) is 12.4 Å². The van der Waals surface area contributed by atoms with E-state index in [2.05, 4.69) is 28.8 Å². The van der Waals surface area contributed by atoms with Gasteiger partial charge in [0.1, 0.15) is 23.9 Å². The van der Waals surface area contributed by atoms with Crippen molar-refractivity contribution >= 4 is 17.7 Å². The summed E-state index contributed by atoms with van der Waals surface area (Å²) in [6, 6.07) is 2.72. The van der Waals surface area contributed by atoms with Gasteiger partial charge in [0.2, 0.25) is 0 Å². The number of alkyl halides is 3. The Morgan fingerprint density at radius 3 is 2.51 bits per heavy atom. The number of nitrogens with one attached hydrogen (secondary N) is 1. The van der Waals surface area contributed by atoms with Crippen LogP contribution in [0.25, 0.3) is 0 Å². The number of rotatable bonds is 7. The lowest BCUT2D eigenvalue weighted by Gasteiger charge is -2.28. The van der Waals surface area contributed by atoms with E-state index in [0.717, 1.165) is 34.9 Å². The van der Waals surface area contributed by atoms with Crippen LogP contribution in [0, 0.1) is 5.41 Å². The van der Waals surface area contributed by atoms with Crippen molar-refractivity contribution in [1.29, 1.82) is 5.41 Å². The van der Waals surface area contributed by atoms with E-state index in [1.807, 2.05) is 17.0 Å². The predicted molar refractivity (Wildman–Crippen MR) is 134 cm³/mol. The first-order chi connectivity index (χ1) is 17.4. The zero-order chi connectivity index (χ0) is 26.8. The van der Waals surface area contributed by atoms with E-state index in [0.29, 0.717) is 12.4 Å². The van der Waals surface area contributed by atoms with Gasteiger partial charge in [-0.05, 0) is 51.7 Å². The number of amidine groups is 1. The van der Waals surface area contributed by atoms with Gasteiger partial charge in [-0.15, -0.1) is 0 Å². The molecule has 37 heavy (non-hydrogen) atoms. The number of pyridine rings is 1. The van der Waals surface area contributed by atoms with Crippen LogP contribution in [0.5, 0.6) is 5.75 Å². The molecule has 4 rings (SSSR count). The molecule has 2 aromatic heterocycles. The number of ether oxygens (including phenoxy) is 2. The molecule has 11 heteroatoms. The summed E-state index contributed by atoms with van der Waals surface area (Å²) < 4.78 is 50.2. The summed E-state index contributed by atoms with van der Waals surface area (Å²) >= 11 is 0. The molecule has 8 nitrogen and oxygen atoms in total.